The lowest BCUT2D eigenvalue weighted by molar-refractivity contribution is -0.239. The number of carbonyl (C=O) groups is 2. The van der Waals surface area contributed by atoms with E-state index in [0.717, 1.165) is 0 Å². The molecule has 0 aromatic carbocycles. The van der Waals surface area contributed by atoms with Crippen molar-refractivity contribution >= 4 is 11.9 Å². The maximum atomic E-state index is 10.7. The molecule has 0 amide bonds. The predicted molar refractivity (Wildman–Crippen MR) is 39.3 cm³/mol. The maximum Gasteiger partial charge on any atom is 0.346 e. The smallest absolute Gasteiger partial charge is 0.346 e. The summed E-state index contributed by atoms with van der Waals surface area (Å²) in [4.78, 5) is 24.3. The quantitative estimate of drug-likeness (QED) is 0.363. The van der Waals surface area contributed by atoms with E-state index in [1.54, 1.807) is 0 Å². The molecule has 0 saturated carbocycles. The summed E-state index contributed by atoms with van der Waals surface area (Å²) in [6, 6.07) is 0. The SMILES string of the molecule is C=CCC(CC(=O)O)C(=O)OO. The zero-order valence-electron chi connectivity index (χ0n) is 6.40. The average Bonchev–Trinajstić information content (AvgIpc) is 2.01. The molecule has 0 aliphatic heterocycles. The summed E-state index contributed by atoms with van der Waals surface area (Å²) in [5.41, 5.74) is 0. The van der Waals surface area contributed by atoms with Crippen molar-refractivity contribution < 1.29 is 24.8 Å². The zero-order chi connectivity index (χ0) is 9.56. The number of carbonyl (C=O) groups excluding carboxylic acids is 1. The van der Waals surface area contributed by atoms with Gasteiger partial charge in [0.2, 0.25) is 0 Å². The predicted octanol–water partition coefficient (Wildman–Crippen LogP) is 0.670. The van der Waals surface area contributed by atoms with Gasteiger partial charge in [-0.2, -0.15) is 5.26 Å². The molecule has 0 aromatic rings. The summed E-state index contributed by atoms with van der Waals surface area (Å²) < 4.78 is 0. The van der Waals surface area contributed by atoms with Crippen molar-refractivity contribution in [3.8, 4) is 0 Å². The van der Waals surface area contributed by atoms with Gasteiger partial charge in [-0.25, -0.2) is 4.79 Å². The fourth-order valence-corrected chi connectivity index (χ4v) is 0.749. The molecule has 0 aromatic heterocycles. The van der Waals surface area contributed by atoms with E-state index in [1.807, 2.05) is 0 Å². The third kappa shape index (κ3) is 3.72. The van der Waals surface area contributed by atoms with Crippen molar-refractivity contribution in [1.82, 2.24) is 0 Å². The van der Waals surface area contributed by atoms with E-state index in [0.29, 0.717) is 0 Å². The number of carboxylic acids is 1. The molecular weight excluding hydrogens is 164 g/mol. The van der Waals surface area contributed by atoms with Gasteiger partial charge >= 0.3 is 11.9 Å². The maximum absolute atomic E-state index is 10.7. The van der Waals surface area contributed by atoms with Crippen LogP contribution in [0.1, 0.15) is 12.8 Å². The minimum absolute atomic E-state index is 0.172. The van der Waals surface area contributed by atoms with E-state index < -0.39 is 17.9 Å². The van der Waals surface area contributed by atoms with Crippen LogP contribution in [0.2, 0.25) is 0 Å². The number of carboxylic acid groups (broad SMARTS) is 1. The van der Waals surface area contributed by atoms with Crippen LogP contribution in [-0.2, 0) is 14.5 Å². The molecule has 0 rings (SSSR count). The van der Waals surface area contributed by atoms with Crippen LogP contribution in [0.3, 0.4) is 0 Å². The number of aliphatic carboxylic acids is 1. The van der Waals surface area contributed by atoms with Crippen molar-refractivity contribution in [2.24, 2.45) is 5.92 Å². The Morgan fingerprint density at radius 3 is 2.50 bits per heavy atom. The molecule has 0 bridgehead atoms. The van der Waals surface area contributed by atoms with Crippen molar-refractivity contribution in [2.75, 3.05) is 0 Å². The topological polar surface area (TPSA) is 83.8 Å². The lowest BCUT2D eigenvalue weighted by Gasteiger charge is -2.06. The van der Waals surface area contributed by atoms with Crippen LogP contribution in [0.4, 0.5) is 0 Å². The lowest BCUT2D eigenvalue weighted by atomic mass is 10.0. The van der Waals surface area contributed by atoms with Crippen LogP contribution >= 0.6 is 0 Å². The Morgan fingerprint density at radius 2 is 2.17 bits per heavy atom. The number of hydrogen-bond donors (Lipinski definition) is 2. The van der Waals surface area contributed by atoms with Crippen LogP contribution in [0, 0.1) is 5.92 Å². The number of rotatable bonds is 5. The van der Waals surface area contributed by atoms with Crippen LogP contribution in [0.25, 0.3) is 0 Å². The Morgan fingerprint density at radius 1 is 1.58 bits per heavy atom. The average molecular weight is 174 g/mol. The minimum atomic E-state index is -1.12. The molecule has 1 unspecified atom stereocenters. The monoisotopic (exact) mass is 174 g/mol. The Labute approximate surface area is 69.2 Å². The molecular formula is C7H10O5. The van der Waals surface area contributed by atoms with E-state index in [-0.39, 0.29) is 12.8 Å². The Bertz CT molecular complexity index is 186. The fraction of sp³-hybridized carbons (Fsp3) is 0.429. The number of allylic oxidation sites excluding steroid dienone is 1. The van der Waals surface area contributed by atoms with Gasteiger partial charge in [0.1, 0.15) is 0 Å². The first-order valence-corrected chi connectivity index (χ1v) is 3.29. The van der Waals surface area contributed by atoms with Gasteiger partial charge < -0.3 is 9.99 Å². The van der Waals surface area contributed by atoms with Gasteiger partial charge in [0.15, 0.2) is 0 Å². The van der Waals surface area contributed by atoms with Gasteiger partial charge in [-0.1, -0.05) is 6.08 Å². The molecule has 0 aliphatic rings. The van der Waals surface area contributed by atoms with E-state index in [9.17, 15) is 9.59 Å². The Kier molecular flexibility index (Phi) is 4.71. The highest BCUT2D eigenvalue weighted by atomic mass is 17.1. The summed E-state index contributed by atoms with van der Waals surface area (Å²) in [6.45, 7) is 3.34. The first-order valence-electron chi connectivity index (χ1n) is 3.29. The molecule has 1 atom stereocenters. The van der Waals surface area contributed by atoms with Crippen molar-refractivity contribution in [3.63, 3.8) is 0 Å². The molecule has 0 saturated heterocycles. The van der Waals surface area contributed by atoms with E-state index in [1.165, 1.54) is 6.08 Å². The summed E-state index contributed by atoms with van der Waals surface area (Å²) in [6.07, 6.45) is 1.20. The van der Waals surface area contributed by atoms with Crippen molar-refractivity contribution in [1.29, 1.82) is 0 Å². The van der Waals surface area contributed by atoms with Gasteiger partial charge in [-0.05, 0) is 6.42 Å². The summed E-state index contributed by atoms with van der Waals surface area (Å²) in [5.74, 6) is -2.92. The van der Waals surface area contributed by atoms with Crippen LogP contribution in [0.15, 0.2) is 12.7 Å². The van der Waals surface area contributed by atoms with Gasteiger partial charge in [0.25, 0.3) is 0 Å². The highest BCUT2D eigenvalue weighted by Gasteiger charge is 2.21. The van der Waals surface area contributed by atoms with Crippen LogP contribution < -0.4 is 0 Å². The third-order valence-electron chi connectivity index (χ3n) is 1.30. The van der Waals surface area contributed by atoms with Gasteiger partial charge in [-0.3, -0.25) is 4.79 Å². The van der Waals surface area contributed by atoms with Crippen LogP contribution in [-0.4, -0.2) is 22.3 Å². The molecule has 12 heavy (non-hydrogen) atoms. The summed E-state index contributed by atoms with van der Waals surface area (Å²) in [7, 11) is 0. The van der Waals surface area contributed by atoms with Crippen LogP contribution in [0.5, 0.6) is 0 Å². The summed E-state index contributed by atoms with van der Waals surface area (Å²) >= 11 is 0. The molecule has 68 valence electrons. The molecule has 5 nitrogen and oxygen atoms in total. The molecule has 5 heteroatoms. The Hall–Kier alpha value is -1.36. The molecule has 0 fully saturated rings. The summed E-state index contributed by atoms with van der Waals surface area (Å²) in [5, 5.41) is 16.3. The normalized spacial score (nSPS) is 11.8. The second-order valence-electron chi connectivity index (χ2n) is 2.23. The van der Waals surface area contributed by atoms with E-state index in [2.05, 4.69) is 11.5 Å². The third-order valence-corrected chi connectivity index (χ3v) is 1.30. The van der Waals surface area contributed by atoms with E-state index in [4.69, 9.17) is 10.4 Å². The van der Waals surface area contributed by atoms with Crippen molar-refractivity contribution in [3.05, 3.63) is 12.7 Å². The van der Waals surface area contributed by atoms with Crippen molar-refractivity contribution in [2.45, 2.75) is 12.8 Å². The minimum Gasteiger partial charge on any atom is -0.481 e. The lowest BCUT2D eigenvalue weighted by Crippen LogP contribution is -2.19. The fourth-order valence-electron chi connectivity index (χ4n) is 0.749. The first kappa shape index (κ1) is 10.6. The Balaban J connectivity index is 4.11. The highest BCUT2D eigenvalue weighted by Crippen LogP contribution is 2.10. The molecule has 0 heterocycles. The largest absolute Gasteiger partial charge is 0.481 e. The number of hydrogen-bond acceptors (Lipinski definition) is 4. The molecule has 0 aliphatic carbocycles. The second-order valence-corrected chi connectivity index (χ2v) is 2.23. The zero-order valence-corrected chi connectivity index (χ0v) is 6.40. The van der Waals surface area contributed by atoms with E-state index >= 15 is 0 Å². The first-order chi connectivity index (χ1) is 5.61. The second kappa shape index (κ2) is 5.31. The van der Waals surface area contributed by atoms with Gasteiger partial charge in [0.05, 0.1) is 12.3 Å². The standard InChI is InChI=1S/C7H10O5/c1-2-3-5(4-6(8)9)7(10)12-11/h2,5,11H,1,3-4H2,(H,8,9). The molecule has 0 spiro atoms. The van der Waals surface area contributed by atoms with Gasteiger partial charge in [-0.15, -0.1) is 6.58 Å². The van der Waals surface area contributed by atoms with Gasteiger partial charge in [0, 0.05) is 0 Å². The highest BCUT2D eigenvalue weighted by molar-refractivity contribution is 5.78. The molecule has 2 N–H and O–H groups in total. The molecule has 0 radical (unpaired) electrons.